The molecular weight excluding hydrogens is 363 g/mol. The van der Waals surface area contributed by atoms with Gasteiger partial charge in [0.05, 0.1) is 17.2 Å². The molecular formula is C16H21IN2O. The third-order valence-corrected chi connectivity index (χ3v) is 4.21. The van der Waals surface area contributed by atoms with Gasteiger partial charge >= 0.3 is 0 Å². The van der Waals surface area contributed by atoms with Gasteiger partial charge in [0.1, 0.15) is 0 Å². The molecule has 0 aliphatic heterocycles. The van der Waals surface area contributed by atoms with E-state index in [0.717, 1.165) is 27.4 Å². The van der Waals surface area contributed by atoms with Crippen molar-refractivity contribution in [2.24, 2.45) is 0 Å². The maximum atomic E-state index is 12.4. The second-order valence-electron chi connectivity index (χ2n) is 5.17. The molecule has 0 fully saturated rings. The lowest BCUT2D eigenvalue weighted by atomic mass is 10.1. The molecule has 1 aromatic carbocycles. The third kappa shape index (κ3) is 4.04. The van der Waals surface area contributed by atoms with Crippen LogP contribution in [0.25, 0.3) is 10.9 Å². The number of unbranched alkanes of at least 4 members (excludes halogenated alkanes) is 5. The normalized spacial score (nSPS) is 11.1. The number of halogens is 1. The first kappa shape index (κ1) is 15.5. The summed E-state index contributed by atoms with van der Waals surface area (Å²) in [5.74, 6) is 0. The Hall–Kier alpha value is -0.910. The average Bonchev–Trinajstić information content (AvgIpc) is 2.45. The second-order valence-corrected chi connectivity index (χ2v) is 6.42. The van der Waals surface area contributed by atoms with Gasteiger partial charge < -0.3 is 0 Å². The number of hydrogen-bond acceptors (Lipinski definition) is 2. The Morgan fingerprint density at radius 3 is 2.70 bits per heavy atom. The first-order valence-electron chi connectivity index (χ1n) is 7.37. The molecule has 0 saturated heterocycles. The molecule has 3 nitrogen and oxygen atoms in total. The standard InChI is InChI=1S/C16H21IN2O/c1-2-3-4-5-6-7-10-19-12-18-15-9-8-13(17)11-14(15)16(19)20/h8-9,11-12H,2-7,10H2,1H3. The molecule has 0 spiro atoms. The zero-order valence-electron chi connectivity index (χ0n) is 11.9. The van der Waals surface area contributed by atoms with Gasteiger partial charge in [-0.2, -0.15) is 0 Å². The van der Waals surface area contributed by atoms with Crippen LogP contribution in [0, 0.1) is 3.57 Å². The fraction of sp³-hybridized carbons (Fsp3) is 0.500. The topological polar surface area (TPSA) is 34.9 Å². The van der Waals surface area contributed by atoms with Gasteiger partial charge in [0.15, 0.2) is 0 Å². The van der Waals surface area contributed by atoms with E-state index in [2.05, 4.69) is 34.5 Å². The highest BCUT2D eigenvalue weighted by Crippen LogP contribution is 2.12. The van der Waals surface area contributed by atoms with E-state index in [1.165, 1.54) is 32.1 Å². The molecule has 2 rings (SSSR count). The minimum absolute atomic E-state index is 0.0853. The number of fused-ring (bicyclic) bond motifs is 1. The quantitative estimate of drug-likeness (QED) is 0.525. The number of aryl methyl sites for hydroxylation is 1. The van der Waals surface area contributed by atoms with Gasteiger partial charge in [-0.3, -0.25) is 9.36 Å². The monoisotopic (exact) mass is 384 g/mol. The molecule has 20 heavy (non-hydrogen) atoms. The summed E-state index contributed by atoms with van der Waals surface area (Å²) >= 11 is 2.23. The van der Waals surface area contributed by atoms with Crippen LogP contribution in [0.3, 0.4) is 0 Å². The summed E-state index contributed by atoms with van der Waals surface area (Å²) in [7, 11) is 0. The predicted molar refractivity (Wildman–Crippen MR) is 92.1 cm³/mol. The molecule has 0 aliphatic carbocycles. The summed E-state index contributed by atoms with van der Waals surface area (Å²) in [6.07, 6.45) is 9.09. The predicted octanol–water partition coefficient (Wildman–Crippen LogP) is 4.36. The summed E-state index contributed by atoms with van der Waals surface area (Å²) in [6.45, 7) is 3.00. The van der Waals surface area contributed by atoms with E-state index in [4.69, 9.17) is 0 Å². The summed E-state index contributed by atoms with van der Waals surface area (Å²) in [4.78, 5) is 16.7. The smallest absolute Gasteiger partial charge is 0.261 e. The molecule has 0 N–H and O–H groups in total. The van der Waals surface area contributed by atoms with Crippen molar-refractivity contribution in [2.45, 2.75) is 52.0 Å². The maximum Gasteiger partial charge on any atom is 0.261 e. The first-order valence-corrected chi connectivity index (χ1v) is 8.45. The van der Waals surface area contributed by atoms with E-state index >= 15 is 0 Å². The second kappa shape index (κ2) is 7.76. The third-order valence-electron chi connectivity index (χ3n) is 3.54. The highest BCUT2D eigenvalue weighted by atomic mass is 127. The van der Waals surface area contributed by atoms with Crippen LogP contribution in [0.1, 0.15) is 45.4 Å². The van der Waals surface area contributed by atoms with Crippen LogP contribution in [0.2, 0.25) is 0 Å². The van der Waals surface area contributed by atoms with E-state index < -0.39 is 0 Å². The molecule has 2 aromatic rings. The summed E-state index contributed by atoms with van der Waals surface area (Å²) in [5.41, 5.74) is 0.872. The van der Waals surface area contributed by atoms with Crippen LogP contribution in [0.5, 0.6) is 0 Å². The van der Waals surface area contributed by atoms with E-state index in [-0.39, 0.29) is 5.56 Å². The molecule has 0 radical (unpaired) electrons. The number of nitrogens with zero attached hydrogens (tertiary/aromatic N) is 2. The van der Waals surface area contributed by atoms with Crippen molar-refractivity contribution in [1.29, 1.82) is 0 Å². The van der Waals surface area contributed by atoms with Gasteiger partial charge in [-0.25, -0.2) is 4.98 Å². The Morgan fingerprint density at radius 2 is 1.90 bits per heavy atom. The van der Waals surface area contributed by atoms with Crippen LogP contribution in [-0.4, -0.2) is 9.55 Å². The molecule has 0 unspecified atom stereocenters. The molecule has 1 heterocycles. The zero-order chi connectivity index (χ0) is 14.4. The van der Waals surface area contributed by atoms with Gasteiger partial charge in [0.2, 0.25) is 0 Å². The van der Waals surface area contributed by atoms with Gasteiger partial charge in [-0.1, -0.05) is 39.0 Å². The van der Waals surface area contributed by atoms with Crippen molar-refractivity contribution in [3.63, 3.8) is 0 Å². The fourth-order valence-electron chi connectivity index (χ4n) is 2.35. The molecule has 0 bridgehead atoms. The lowest BCUT2D eigenvalue weighted by Gasteiger charge is -2.06. The highest BCUT2D eigenvalue weighted by molar-refractivity contribution is 14.1. The van der Waals surface area contributed by atoms with Crippen molar-refractivity contribution in [3.05, 3.63) is 38.5 Å². The van der Waals surface area contributed by atoms with E-state index in [0.29, 0.717) is 0 Å². The molecule has 1 aromatic heterocycles. The lowest BCUT2D eigenvalue weighted by molar-refractivity contribution is 0.547. The Bertz CT molecular complexity index is 621. The molecule has 0 atom stereocenters. The van der Waals surface area contributed by atoms with Crippen molar-refractivity contribution in [1.82, 2.24) is 9.55 Å². The molecule has 0 saturated carbocycles. The Balaban J connectivity index is 2.00. The Kier molecular flexibility index (Phi) is 6.01. The number of hydrogen-bond donors (Lipinski definition) is 0. The molecule has 0 amide bonds. The Labute approximate surface area is 133 Å². The minimum Gasteiger partial charge on any atom is -0.299 e. The van der Waals surface area contributed by atoms with Crippen molar-refractivity contribution in [3.8, 4) is 0 Å². The first-order chi connectivity index (χ1) is 9.72. The number of rotatable bonds is 7. The average molecular weight is 384 g/mol. The summed E-state index contributed by atoms with van der Waals surface area (Å²) in [5, 5.41) is 0.727. The van der Waals surface area contributed by atoms with Crippen LogP contribution in [0.15, 0.2) is 29.3 Å². The lowest BCUT2D eigenvalue weighted by Crippen LogP contribution is -2.20. The van der Waals surface area contributed by atoms with Crippen molar-refractivity contribution < 1.29 is 0 Å². The van der Waals surface area contributed by atoms with Crippen molar-refractivity contribution in [2.75, 3.05) is 0 Å². The highest BCUT2D eigenvalue weighted by Gasteiger charge is 2.04. The summed E-state index contributed by atoms with van der Waals surface area (Å²) < 4.78 is 2.82. The number of benzene rings is 1. The van der Waals surface area contributed by atoms with Crippen LogP contribution >= 0.6 is 22.6 Å². The summed E-state index contributed by atoms with van der Waals surface area (Å²) in [6, 6.07) is 5.81. The van der Waals surface area contributed by atoms with E-state index in [1.807, 2.05) is 18.2 Å². The number of aromatic nitrogens is 2. The van der Waals surface area contributed by atoms with E-state index in [1.54, 1.807) is 10.9 Å². The zero-order valence-corrected chi connectivity index (χ0v) is 14.1. The van der Waals surface area contributed by atoms with Gasteiger partial charge in [0.25, 0.3) is 5.56 Å². The van der Waals surface area contributed by atoms with Gasteiger partial charge in [-0.05, 0) is 47.2 Å². The van der Waals surface area contributed by atoms with Crippen LogP contribution < -0.4 is 5.56 Å². The SMILES string of the molecule is CCCCCCCCn1cnc2ccc(I)cc2c1=O. The molecule has 0 aliphatic rings. The Morgan fingerprint density at radius 1 is 1.15 bits per heavy atom. The molecule has 4 heteroatoms. The van der Waals surface area contributed by atoms with Crippen LogP contribution in [0.4, 0.5) is 0 Å². The molecule has 108 valence electrons. The van der Waals surface area contributed by atoms with Gasteiger partial charge in [-0.15, -0.1) is 0 Å². The van der Waals surface area contributed by atoms with E-state index in [9.17, 15) is 4.79 Å². The van der Waals surface area contributed by atoms with Crippen molar-refractivity contribution >= 4 is 33.5 Å². The fourth-order valence-corrected chi connectivity index (χ4v) is 2.84. The maximum absolute atomic E-state index is 12.4. The van der Waals surface area contributed by atoms with Gasteiger partial charge in [0, 0.05) is 10.1 Å². The largest absolute Gasteiger partial charge is 0.299 e. The van der Waals surface area contributed by atoms with Crippen LogP contribution in [-0.2, 0) is 6.54 Å². The minimum atomic E-state index is 0.0853.